The number of nitrogens with one attached hydrogen (secondary N) is 1. The number of aryl methyl sites for hydroxylation is 1. The number of rotatable bonds is 9. The number of hydrogen-bond acceptors (Lipinski definition) is 6. The maximum atomic E-state index is 14.1. The van der Waals surface area contributed by atoms with Gasteiger partial charge in [-0.15, -0.1) is 0 Å². The van der Waals surface area contributed by atoms with E-state index in [0.29, 0.717) is 23.8 Å². The highest BCUT2D eigenvalue weighted by atomic mass is 19.1. The first-order valence-electron chi connectivity index (χ1n) is 12.6. The van der Waals surface area contributed by atoms with Crippen molar-refractivity contribution in [3.8, 4) is 22.8 Å². The van der Waals surface area contributed by atoms with Gasteiger partial charge in [-0.1, -0.05) is 35.5 Å². The molecule has 1 aromatic carbocycles. The fourth-order valence-corrected chi connectivity index (χ4v) is 4.54. The lowest BCUT2D eigenvalue weighted by atomic mass is 9.99. The van der Waals surface area contributed by atoms with Crippen molar-refractivity contribution >= 4 is 5.82 Å². The summed E-state index contributed by atoms with van der Waals surface area (Å²) in [6.07, 6.45) is 6.57. The summed E-state index contributed by atoms with van der Waals surface area (Å²) < 4.78 is 21.8. The summed E-state index contributed by atoms with van der Waals surface area (Å²) >= 11 is 0. The Morgan fingerprint density at radius 2 is 1.83 bits per heavy atom. The Kier molecular flexibility index (Phi) is 6.87. The van der Waals surface area contributed by atoms with E-state index in [1.165, 1.54) is 25.9 Å². The average molecular weight is 489 g/mol. The second kappa shape index (κ2) is 10.2. The minimum Gasteiger partial charge on any atom is -0.369 e. The van der Waals surface area contributed by atoms with Crippen LogP contribution in [-0.4, -0.2) is 50.8 Å². The number of anilines is 1. The molecule has 0 spiro atoms. The zero-order valence-corrected chi connectivity index (χ0v) is 21.2. The summed E-state index contributed by atoms with van der Waals surface area (Å²) in [4.78, 5) is 11.6. The molecule has 1 N–H and O–H groups in total. The van der Waals surface area contributed by atoms with Crippen LogP contribution in [0.15, 0.2) is 59.4 Å². The van der Waals surface area contributed by atoms with Crippen molar-refractivity contribution in [2.24, 2.45) is 0 Å². The minimum atomic E-state index is -1.39. The van der Waals surface area contributed by atoms with E-state index < -0.39 is 5.67 Å². The van der Waals surface area contributed by atoms with E-state index in [4.69, 9.17) is 4.52 Å². The highest BCUT2D eigenvalue weighted by Gasteiger charge is 2.19. The second-order valence-corrected chi connectivity index (χ2v) is 10.00. The van der Waals surface area contributed by atoms with Gasteiger partial charge in [-0.3, -0.25) is 0 Å². The Morgan fingerprint density at radius 3 is 2.53 bits per heavy atom. The summed E-state index contributed by atoms with van der Waals surface area (Å²) in [5.41, 5.74) is 3.08. The quantitative estimate of drug-likeness (QED) is 0.327. The first-order chi connectivity index (χ1) is 17.3. The second-order valence-electron chi connectivity index (χ2n) is 10.00. The first-order valence-corrected chi connectivity index (χ1v) is 12.6. The van der Waals surface area contributed by atoms with Gasteiger partial charge >= 0.3 is 0 Å². The molecule has 1 aliphatic rings. The monoisotopic (exact) mass is 488 g/mol. The fourth-order valence-electron chi connectivity index (χ4n) is 4.54. The molecule has 4 aromatic rings. The Bertz CT molecular complexity index is 1280. The van der Waals surface area contributed by atoms with Gasteiger partial charge in [-0.2, -0.15) is 4.98 Å². The zero-order chi connectivity index (χ0) is 25.1. The van der Waals surface area contributed by atoms with Gasteiger partial charge in [0, 0.05) is 43.3 Å². The SMILES string of the molecule is Cc1cc(-c2nc(-c3ccc(C(C)(C)F)cc3)no2)cn1Cc1ccc(NCCN2CCCC2)nc1. The molecule has 0 aliphatic carbocycles. The van der Waals surface area contributed by atoms with Crippen molar-refractivity contribution in [3.63, 3.8) is 0 Å². The number of alkyl halides is 1. The molecule has 7 nitrogen and oxygen atoms in total. The standard InChI is InChI=1S/C28H33FN6O/c1-20-16-23(27-32-26(33-36-27)22-7-9-24(10-8-22)28(2,3)29)19-35(20)18-21-6-11-25(31-17-21)30-12-15-34-13-4-5-14-34/h6-11,16-17,19H,4-5,12-15,18H2,1-3H3,(H,30,31). The van der Waals surface area contributed by atoms with Crippen LogP contribution in [0, 0.1) is 6.92 Å². The van der Waals surface area contributed by atoms with Gasteiger partial charge < -0.3 is 19.3 Å². The van der Waals surface area contributed by atoms with E-state index in [1.807, 2.05) is 36.7 Å². The normalized spacial score (nSPS) is 14.4. The van der Waals surface area contributed by atoms with Crippen molar-refractivity contribution in [1.82, 2.24) is 24.6 Å². The maximum absolute atomic E-state index is 14.1. The van der Waals surface area contributed by atoms with Crippen molar-refractivity contribution in [2.75, 3.05) is 31.5 Å². The molecule has 36 heavy (non-hydrogen) atoms. The molecule has 188 valence electrons. The van der Waals surface area contributed by atoms with Crippen LogP contribution in [-0.2, 0) is 12.2 Å². The third-order valence-corrected chi connectivity index (χ3v) is 6.73. The van der Waals surface area contributed by atoms with Crippen LogP contribution in [0.25, 0.3) is 22.8 Å². The summed E-state index contributed by atoms with van der Waals surface area (Å²) in [5, 5.41) is 7.55. The van der Waals surface area contributed by atoms with Crippen LogP contribution in [0.4, 0.5) is 10.2 Å². The van der Waals surface area contributed by atoms with Gasteiger partial charge in [0.05, 0.1) is 5.56 Å². The topological polar surface area (TPSA) is 72.0 Å². The molecule has 0 saturated carbocycles. The molecule has 0 unspecified atom stereocenters. The highest BCUT2D eigenvalue weighted by Crippen LogP contribution is 2.28. The van der Waals surface area contributed by atoms with Gasteiger partial charge in [0.25, 0.3) is 5.89 Å². The highest BCUT2D eigenvalue weighted by molar-refractivity contribution is 5.60. The third-order valence-electron chi connectivity index (χ3n) is 6.73. The number of likely N-dealkylation sites (tertiary alicyclic amines) is 1. The average Bonchev–Trinajstić information content (AvgIpc) is 3.62. The van der Waals surface area contributed by atoms with Crippen molar-refractivity contribution in [3.05, 3.63) is 71.7 Å². The number of benzene rings is 1. The molecule has 0 bridgehead atoms. The Labute approximate surface area is 211 Å². The third kappa shape index (κ3) is 5.65. The lowest BCUT2D eigenvalue weighted by Crippen LogP contribution is -2.26. The van der Waals surface area contributed by atoms with Gasteiger partial charge in [0.2, 0.25) is 5.82 Å². The van der Waals surface area contributed by atoms with E-state index in [-0.39, 0.29) is 0 Å². The maximum Gasteiger partial charge on any atom is 0.259 e. The predicted molar refractivity (Wildman–Crippen MR) is 140 cm³/mol. The van der Waals surface area contributed by atoms with Crippen LogP contribution in [0.2, 0.25) is 0 Å². The Hall–Kier alpha value is -3.52. The van der Waals surface area contributed by atoms with Gasteiger partial charge in [0.1, 0.15) is 11.5 Å². The van der Waals surface area contributed by atoms with E-state index in [0.717, 1.165) is 41.3 Å². The molecule has 0 amide bonds. The lowest BCUT2D eigenvalue weighted by molar-refractivity contribution is 0.221. The smallest absolute Gasteiger partial charge is 0.259 e. The molecule has 1 aliphatic heterocycles. The zero-order valence-electron chi connectivity index (χ0n) is 21.2. The van der Waals surface area contributed by atoms with Crippen LogP contribution in [0.5, 0.6) is 0 Å². The van der Waals surface area contributed by atoms with Gasteiger partial charge in [-0.25, -0.2) is 9.37 Å². The molecular formula is C28H33FN6O. The number of nitrogens with zero attached hydrogens (tertiary/aromatic N) is 5. The first kappa shape index (κ1) is 24.2. The van der Waals surface area contributed by atoms with Gasteiger partial charge in [-0.05, 0) is 70.0 Å². The van der Waals surface area contributed by atoms with Crippen LogP contribution >= 0.6 is 0 Å². The summed E-state index contributed by atoms with van der Waals surface area (Å²) in [6.45, 7) is 10.2. The molecule has 5 rings (SSSR count). The minimum absolute atomic E-state index is 0.456. The van der Waals surface area contributed by atoms with Crippen LogP contribution in [0.3, 0.4) is 0 Å². The predicted octanol–water partition coefficient (Wildman–Crippen LogP) is 5.67. The van der Waals surface area contributed by atoms with E-state index in [1.54, 1.807) is 26.0 Å². The number of halogens is 1. The number of aromatic nitrogens is 4. The van der Waals surface area contributed by atoms with E-state index in [2.05, 4.69) is 42.9 Å². The Morgan fingerprint density at radius 1 is 1.06 bits per heavy atom. The molecule has 1 saturated heterocycles. The largest absolute Gasteiger partial charge is 0.369 e. The fraction of sp³-hybridized carbons (Fsp3) is 0.393. The summed E-state index contributed by atoms with van der Waals surface area (Å²) in [6, 6.07) is 13.3. The van der Waals surface area contributed by atoms with E-state index in [9.17, 15) is 4.39 Å². The molecule has 3 aromatic heterocycles. The summed E-state index contributed by atoms with van der Waals surface area (Å²) in [7, 11) is 0. The van der Waals surface area contributed by atoms with Crippen molar-refractivity contribution in [2.45, 2.75) is 45.8 Å². The molecule has 0 radical (unpaired) electrons. The molecule has 0 atom stereocenters. The van der Waals surface area contributed by atoms with Gasteiger partial charge in [0.15, 0.2) is 0 Å². The lowest BCUT2D eigenvalue weighted by Gasteiger charge is -2.15. The molecule has 8 heteroatoms. The molecule has 1 fully saturated rings. The van der Waals surface area contributed by atoms with Crippen molar-refractivity contribution in [1.29, 1.82) is 0 Å². The number of pyridine rings is 1. The molecular weight excluding hydrogens is 455 g/mol. The Balaban J connectivity index is 1.21. The molecule has 4 heterocycles. The van der Waals surface area contributed by atoms with Crippen molar-refractivity contribution < 1.29 is 8.91 Å². The van der Waals surface area contributed by atoms with E-state index >= 15 is 0 Å². The van der Waals surface area contributed by atoms with Crippen LogP contribution < -0.4 is 5.32 Å². The summed E-state index contributed by atoms with van der Waals surface area (Å²) in [5.74, 6) is 1.84. The number of hydrogen-bond donors (Lipinski definition) is 1. The van der Waals surface area contributed by atoms with Crippen LogP contribution in [0.1, 0.15) is 43.5 Å².